The van der Waals surface area contributed by atoms with Crippen LogP contribution < -0.4 is 15.2 Å². The minimum absolute atomic E-state index is 0.125. The predicted molar refractivity (Wildman–Crippen MR) is 107 cm³/mol. The number of ether oxygens (including phenoxy) is 2. The Morgan fingerprint density at radius 2 is 1.86 bits per heavy atom. The van der Waals surface area contributed by atoms with Crippen molar-refractivity contribution in [3.8, 4) is 22.6 Å². The zero-order valence-corrected chi connectivity index (χ0v) is 17.2. The standard InChI is InChI=1S/C21H27N3O5/c1-5-6-7-13(2)24-12-16(11-23-24)17-8-9-19(28-14(3)25)18(10-20(22)27)21(17)29-15(4)26/h8-9,11-13H,5-7,10H2,1-4H3,(H2,22,27). The minimum atomic E-state index is -0.646. The number of amides is 1. The Morgan fingerprint density at radius 3 is 2.45 bits per heavy atom. The molecular formula is C21H27N3O5. The van der Waals surface area contributed by atoms with Gasteiger partial charge in [0.15, 0.2) is 0 Å². The fraction of sp³-hybridized carbons (Fsp3) is 0.429. The van der Waals surface area contributed by atoms with Crippen molar-refractivity contribution in [3.63, 3.8) is 0 Å². The van der Waals surface area contributed by atoms with Crippen LogP contribution in [0.2, 0.25) is 0 Å². The topological polar surface area (TPSA) is 114 Å². The third-order valence-corrected chi connectivity index (χ3v) is 4.41. The third-order valence-electron chi connectivity index (χ3n) is 4.41. The van der Waals surface area contributed by atoms with Gasteiger partial charge in [-0.3, -0.25) is 19.1 Å². The van der Waals surface area contributed by atoms with Gasteiger partial charge < -0.3 is 15.2 Å². The molecule has 8 nitrogen and oxygen atoms in total. The van der Waals surface area contributed by atoms with Gasteiger partial charge in [-0.25, -0.2) is 0 Å². The van der Waals surface area contributed by atoms with Crippen LogP contribution in [0.1, 0.15) is 58.6 Å². The van der Waals surface area contributed by atoms with E-state index < -0.39 is 17.8 Å². The number of unbranched alkanes of at least 4 members (excludes halogenated alkanes) is 1. The Morgan fingerprint density at radius 1 is 1.17 bits per heavy atom. The second-order valence-corrected chi connectivity index (χ2v) is 6.95. The first-order valence-electron chi connectivity index (χ1n) is 9.58. The van der Waals surface area contributed by atoms with E-state index in [4.69, 9.17) is 15.2 Å². The summed E-state index contributed by atoms with van der Waals surface area (Å²) in [6, 6.07) is 3.44. The summed E-state index contributed by atoms with van der Waals surface area (Å²) in [4.78, 5) is 34.8. The summed E-state index contributed by atoms with van der Waals surface area (Å²) >= 11 is 0. The quantitative estimate of drug-likeness (QED) is 0.510. The van der Waals surface area contributed by atoms with E-state index >= 15 is 0 Å². The van der Waals surface area contributed by atoms with Crippen molar-refractivity contribution in [2.45, 2.75) is 59.4 Å². The summed E-state index contributed by atoms with van der Waals surface area (Å²) in [6.07, 6.45) is 6.47. The molecule has 0 aliphatic carbocycles. The summed E-state index contributed by atoms with van der Waals surface area (Å²) in [6.45, 7) is 6.72. The summed E-state index contributed by atoms with van der Waals surface area (Å²) in [5.74, 6) is -1.51. The second-order valence-electron chi connectivity index (χ2n) is 6.95. The molecule has 2 aromatic rings. The number of carbonyl (C=O) groups is 3. The highest BCUT2D eigenvalue weighted by molar-refractivity contribution is 5.85. The van der Waals surface area contributed by atoms with E-state index in [1.165, 1.54) is 13.8 Å². The van der Waals surface area contributed by atoms with Gasteiger partial charge in [0.2, 0.25) is 5.91 Å². The van der Waals surface area contributed by atoms with E-state index in [9.17, 15) is 14.4 Å². The van der Waals surface area contributed by atoms with Crippen molar-refractivity contribution in [3.05, 3.63) is 30.1 Å². The van der Waals surface area contributed by atoms with E-state index in [-0.39, 0.29) is 29.5 Å². The first-order chi connectivity index (χ1) is 13.7. The number of esters is 2. The highest BCUT2D eigenvalue weighted by Gasteiger charge is 2.22. The number of rotatable bonds is 9. The molecule has 0 bridgehead atoms. The summed E-state index contributed by atoms with van der Waals surface area (Å²) in [5.41, 5.74) is 6.88. The van der Waals surface area contributed by atoms with Crippen molar-refractivity contribution in [1.29, 1.82) is 0 Å². The smallest absolute Gasteiger partial charge is 0.308 e. The van der Waals surface area contributed by atoms with Crippen LogP contribution in [0.15, 0.2) is 24.5 Å². The molecule has 2 rings (SSSR count). The SMILES string of the molecule is CCCCC(C)n1cc(-c2ccc(OC(C)=O)c(CC(N)=O)c2OC(C)=O)cn1. The van der Waals surface area contributed by atoms with Crippen LogP contribution in [0.25, 0.3) is 11.1 Å². The number of nitrogens with two attached hydrogens (primary N) is 1. The van der Waals surface area contributed by atoms with E-state index in [1.807, 2.05) is 10.9 Å². The molecule has 0 radical (unpaired) electrons. The Kier molecular flexibility index (Phi) is 7.52. The van der Waals surface area contributed by atoms with Gasteiger partial charge in [0, 0.05) is 42.8 Å². The molecule has 1 heterocycles. The molecule has 156 valence electrons. The monoisotopic (exact) mass is 401 g/mol. The molecule has 1 unspecified atom stereocenters. The van der Waals surface area contributed by atoms with Crippen molar-refractivity contribution in [2.24, 2.45) is 5.73 Å². The number of primary amides is 1. The number of hydrogen-bond acceptors (Lipinski definition) is 6. The number of benzene rings is 1. The van der Waals surface area contributed by atoms with Gasteiger partial charge >= 0.3 is 11.9 Å². The van der Waals surface area contributed by atoms with E-state index in [1.54, 1.807) is 18.3 Å². The van der Waals surface area contributed by atoms with Crippen LogP contribution in [0, 0.1) is 0 Å². The fourth-order valence-electron chi connectivity index (χ4n) is 3.04. The molecule has 0 aliphatic heterocycles. The van der Waals surface area contributed by atoms with E-state index in [0.29, 0.717) is 11.1 Å². The van der Waals surface area contributed by atoms with Gasteiger partial charge in [0.1, 0.15) is 11.5 Å². The molecule has 0 spiro atoms. The first kappa shape index (κ1) is 22.1. The minimum Gasteiger partial charge on any atom is -0.426 e. The van der Waals surface area contributed by atoms with Gasteiger partial charge in [0.05, 0.1) is 12.6 Å². The Hall–Kier alpha value is -3.16. The maximum Gasteiger partial charge on any atom is 0.308 e. The van der Waals surface area contributed by atoms with Crippen LogP contribution in [0.3, 0.4) is 0 Å². The van der Waals surface area contributed by atoms with E-state index in [0.717, 1.165) is 19.3 Å². The molecule has 29 heavy (non-hydrogen) atoms. The average molecular weight is 401 g/mol. The lowest BCUT2D eigenvalue weighted by Crippen LogP contribution is -2.17. The lowest BCUT2D eigenvalue weighted by Gasteiger charge is -2.16. The normalized spacial score (nSPS) is 11.7. The lowest BCUT2D eigenvalue weighted by atomic mass is 10.0. The summed E-state index contributed by atoms with van der Waals surface area (Å²) < 4.78 is 12.5. The zero-order chi connectivity index (χ0) is 21.6. The maximum absolute atomic E-state index is 11.7. The number of nitrogens with zero attached hydrogens (tertiary/aromatic N) is 2. The van der Waals surface area contributed by atoms with Crippen molar-refractivity contribution >= 4 is 17.8 Å². The molecule has 1 amide bonds. The molecule has 8 heteroatoms. The van der Waals surface area contributed by atoms with Crippen LogP contribution in [0.4, 0.5) is 0 Å². The summed E-state index contributed by atoms with van der Waals surface area (Å²) in [5, 5.41) is 4.43. The largest absolute Gasteiger partial charge is 0.426 e. The first-order valence-corrected chi connectivity index (χ1v) is 9.58. The maximum atomic E-state index is 11.7. The number of aromatic nitrogens is 2. The molecule has 1 atom stereocenters. The Balaban J connectivity index is 2.56. The fourth-order valence-corrected chi connectivity index (χ4v) is 3.04. The van der Waals surface area contributed by atoms with Crippen molar-refractivity contribution in [1.82, 2.24) is 9.78 Å². The molecule has 1 aromatic carbocycles. The van der Waals surface area contributed by atoms with Crippen molar-refractivity contribution in [2.75, 3.05) is 0 Å². The predicted octanol–water partition coefficient (Wildman–Crippen LogP) is 3.18. The molecular weight excluding hydrogens is 374 g/mol. The number of hydrogen-bond donors (Lipinski definition) is 1. The third kappa shape index (κ3) is 5.91. The van der Waals surface area contributed by atoms with E-state index in [2.05, 4.69) is 18.9 Å². The Labute approximate surface area is 170 Å². The molecule has 1 aromatic heterocycles. The molecule has 0 fully saturated rings. The number of carbonyl (C=O) groups excluding carboxylic acids is 3. The molecule has 2 N–H and O–H groups in total. The molecule has 0 aliphatic rings. The average Bonchev–Trinajstić information content (AvgIpc) is 3.11. The highest BCUT2D eigenvalue weighted by Crippen LogP contribution is 2.39. The molecule has 0 saturated heterocycles. The summed E-state index contributed by atoms with van der Waals surface area (Å²) in [7, 11) is 0. The Bertz CT molecular complexity index is 904. The zero-order valence-electron chi connectivity index (χ0n) is 17.2. The van der Waals surface area contributed by atoms with Crippen molar-refractivity contribution < 1.29 is 23.9 Å². The second kappa shape index (κ2) is 9.86. The molecule has 0 saturated carbocycles. The van der Waals surface area contributed by atoms with Gasteiger partial charge in [0.25, 0.3) is 0 Å². The van der Waals surface area contributed by atoms with Crippen LogP contribution >= 0.6 is 0 Å². The van der Waals surface area contributed by atoms with Gasteiger partial charge in [-0.1, -0.05) is 19.8 Å². The van der Waals surface area contributed by atoms with Gasteiger partial charge in [-0.05, 0) is 25.5 Å². The van der Waals surface area contributed by atoms with Gasteiger partial charge in [-0.2, -0.15) is 5.10 Å². The van der Waals surface area contributed by atoms with Crippen LogP contribution in [-0.2, 0) is 20.8 Å². The highest BCUT2D eigenvalue weighted by atomic mass is 16.5. The van der Waals surface area contributed by atoms with Crippen LogP contribution in [0.5, 0.6) is 11.5 Å². The van der Waals surface area contributed by atoms with Gasteiger partial charge in [-0.15, -0.1) is 0 Å². The van der Waals surface area contributed by atoms with Crippen LogP contribution in [-0.4, -0.2) is 27.6 Å². The lowest BCUT2D eigenvalue weighted by molar-refractivity contribution is -0.132.